The van der Waals surface area contributed by atoms with E-state index in [9.17, 15) is 14.7 Å². The number of benzene rings is 2. The molecule has 2 aromatic carbocycles. The summed E-state index contributed by atoms with van der Waals surface area (Å²) in [6.07, 6.45) is 2.79. The number of rotatable bonds is 7. The molecule has 0 aliphatic heterocycles. The Labute approximate surface area is 187 Å². The highest BCUT2D eigenvalue weighted by atomic mass is 32.1. The molecule has 2 aromatic heterocycles. The fraction of sp³-hybridized carbons (Fsp3) is 0.130. The molecule has 4 rings (SSSR count). The largest absolute Gasteiger partial charge is 0.504 e. The molecule has 2 heterocycles. The Kier molecular flexibility index (Phi) is 6.27. The first kappa shape index (κ1) is 21.3. The van der Waals surface area contributed by atoms with Crippen molar-refractivity contribution in [1.82, 2.24) is 15.0 Å². The van der Waals surface area contributed by atoms with Crippen molar-refractivity contribution >= 4 is 33.7 Å². The number of hydrazone groups is 1. The number of aromatic hydroxyl groups is 1. The smallest absolute Gasteiger partial charge is 0.262 e. The Morgan fingerprint density at radius 3 is 2.84 bits per heavy atom. The van der Waals surface area contributed by atoms with Gasteiger partial charge in [0.15, 0.2) is 11.5 Å². The maximum atomic E-state index is 12.8. The molecule has 0 bridgehead atoms. The van der Waals surface area contributed by atoms with Gasteiger partial charge in [-0.05, 0) is 42.3 Å². The molecule has 2 N–H and O–H groups in total. The average molecular weight is 449 g/mol. The zero-order valence-corrected chi connectivity index (χ0v) is 18.0. The first-order valence-corrected chi connectivity index (χ1v) is 10.7. The Hall–Kier alpha value is -3.98. The second kappa shape index (κ2) is 9.44. The number of aromatic nitrogens is 2. The van der Waals surface area contributed by atoms with Crippen LogP contribution in [0, 0.1) is 0 Å². The quantitative estimate of drug-likeness (QED) is 0.333. The molecule has 9 heteroatoms. The third-order valence-electron chi connectivity index (χ3n) is 4.58. The lowest BCUT2D eigenvalue weighted by Crippen LogP contribution is -2.29. The summed E-state index contributed by atoms with van der Waals surface area (Å²) in [5, 5.41) is 14.1. The Morgan fingerprint density at radius 2 is 2.06 bits per heavy atom. The molecular weight excluding hydrogens is 428 g/mol. The zero-order chi connectivity index (χ0) is 22.5. The lowest BCUT2D eigenvalue weighted by Gasteiger charge is -2.06. The third-order valence-corrected chi connectivity index (χ3v) is 5.67. The van der Waals surface area contributed by atoms with Crippen LogP contribution in [0.25, 0.3) is 20.7 Å². The van der Waals surface area contributed by atoms with Crippen LogP contribution < -0.4 is 15.7 Å². The van der Waals surface area contributed by atoms with Gasteiger partial charge in [-0.2, -0.15) is 5.10 Å². The second-order valence-corrected chi connectivity index (χ2v) is 7.86. The van der Waals surface area contributed by atoms with Crippen LogP contribution in [0.1, 0.15) is 12.5 Å². The summed E-state index contributed by atoms with van der Waals surface area (Å²) >= 11 is 1.43. The van der Waals surface area contributed by atoms with E-state index >= 15 is 0 Å². The molecule has 0 spiro atoms. The van der Waals surface area contributed by atoms with Crippen LogP contribution >= 0.6 is 11.3 Å². The van der Waals surface area contributed by atoms with Crippen molar-refractivity contribution in [3.63, 3.8) is 0 Å². The molecule has 4 aromatic rings. The Balaban J connectivity index is 1.46. The minimum Gasteiger partial charge on any atom is -0.504 e. The number of ether oxygens (including phenoxy) is 1. The lowest BCUT2D eigenvalue weighted by atomic mass is 10.2. The molecule has 1 amide bonds. The van der Waals surface area contributed by atoms with E-state index in [1.165, 1.54) is 34.5 Å². The molecule has 0 aliphatic carbocycles. The molecule has 162 valence electrons. The number of carbonyl (C=O) groups is 1. The maximum Gasteiger partial charge on any atom is 0.262 e. The summed E-state index contributed by atoms with van der Waals surface area (Å²) in [5.74, 6) is -0.106. The van der Waals surface area contributed by atoms with Gasteiger partial charge in [0.05, 0.1) is 24.5 Å². The normalized spacial score (nSPS) is 11.2. The number of nitrogens with zero attached hydrogens (tertiary/aromatic N) is 3. The van der Waals surface area contributed by atoms with Gasteiger partial charge in [-0.1, -0.05) is 30.3 Å². The van der Waals surface area contributed by atoms with Gasteiger partial charge >= 0.3 is 0 Å². The molecule has 0 unspecified atom stereocenters. The van der Waals surface area contributed by atoms with Gasteiger partial charge in [0.25, 0.3) is 11.5 Å². The summed E-state index contributed by atoms with van der Waals surface area (Å²) in [6.45, 7) is 2.01. The van der Waals surface area contributed by atoms with Gasteiger partial charge in [-0.25, -0.2) is 10.4 Å². The summed E-state index contributed by atoms with van der Waals surface area (Å²) in [4.78, 5) is 31.0. The van der Waals surface area contributed by atoms with E-state index in [-0.39, 0.29) is 17.9 Å². The molecule has 0 aliphatic rings. The lowest BCUT2D eigenvalue weighted by molar-refractivity contribution is -0.121. The third kappa shape index (κ3) is 4.68. The van der Waals surface area contributed by atoms with Gasteiger partial charge in [-0.15, -0.1) is 11.3 Å². The van der Waals surface area contributed by atoms with E-state index in [0.717, 1.165) is 10.4 Å². The molecule has 0 saturated carbocycles. The number of carbonyl (C=O) groups excluding carboxylic acids is 1. The van der Waals surface area contributed by atoms with Gasteiger partial charge < -0.3 is 9.84 Å². The van der Waals surface area contributed by atoms with Crippen molar-refractivity contribution in [2.45, 2.75) is 13.5 Å². The number of amides is 1. The number of phenols is 1. The zero-order valence-electron chi connectivity index (χ0n) is 17.2. The standard InChI is InChI=1S/C23H20N4O4S/c1-2-31-19-10-15(8-9-18(19)28)12-25-26-21(29)13-27-14-24-22-17(23(27)30)11-20(32-22)16-6-4-3-5-7-16/h3-12,14,28H,2,13H2,1H3,(H,26,29). The van der Waals surface area contributed by atoms with Crippen molar-refractivity contribution in [2.24, 2.45) is 5.10 Å². The molecular formula is C23H20N4O4S. The highest BCUT2D eigenvalue weighted by Gasteiger charge is 2.12. The SMILES string of the molecule is CCOc1cc(C=NNC(=O)Cn2cnc3sc(-c4ccccc4)cc3c2=O)ccc1O. The Bertz CT molecular complexity index is 1350. The van der Waals surface area contributed by atoms with Gasteiger partial charge in [0.1, 0.15) is 11.4 Å². The van der Waals surface area contributed by atoms with Crippen LogP contribution in [0.2, 0.25) is 0 Å². The van der Waals surface area contributed by atoms with Crippen LogP contribution in [0.5, 0.6) is 11.5 Å². The van der Waals surface area contributed by atoms with Crippen LogP contribution in [-0.4, -0.2) is 33.4 Å². The van der Waals surface area contributed by atoms with Crippen LogP contribution in [0.4, 0.5) is 0 Å². The average Bonchev–Trinajstić information content (AvgIpc) is 3.24. The van der Waals surface area contributed by atoms with E-state index in [1.807, 2.05) is 37.3 Å². The monoisotopic (exact) mass is 448 g/mol. The fourth-order valence-corrected chi connectivity index (χ4v) is 4.06. The van der Waals surface area contributed by atoms with Crippen LogP contribution in [0.3, 0.4) is 0 Å². The first-order valence-electron chi connectivity index (χ1n) is 9.87. The summed E-state index contributed by atoms with van der Waals surface area (Å²) in [6, 6.07) is 16.3. The Morgan fingerprint density at radius 1 is 1.25 bits per heavy atom. The number of hydrogen-bond acceptors (Lipinski definition) is 7. The minimum absolute atomic E-state index is 0.0270. The minimum atomic E-state index is -0.466. The van der Waals surface area contributed by atoms with Crippen LogP contribution in [0.15, 0.2) is 70.8 Å². The number of thiophene rings is 1. The second-order valence-electron chi connectivity index (χ2n) is 6.83. The number of hydrogen-bond donors (Lipinski definition) is 2. The van der Waals surface area contributed by atoms with E-state index in [4.69, 9.17) is 4.74 Å². The summed E-state index contributed by atoms with van der Waals surface area (Å²) in [7, 11) is 0. The summed E-state index contributed by atoms with van der Waals surface area (Å²) in [5.41, 5.74) is 3.76. The molecule has 0 atom stereocenters. The topological polar surface area (TPSA) is 106 Å². The molecule has 0 fully saturated rings. The highest BCUT2D eigenvalue weighted by molar-refractivity contribution is 7.21. The number of nitrogens with one attached hydrogen (secondary N) is 1. The van der Waals surface area contributed by atoms with Crippen molar-refractivity contribution in [3.8, 4) is 21.9 Å². The van der Waals surface area contributed by atoms with Crippen molar-refractivity contribution in [2.75, 3.05) is 6.61 Å². The summed E-state index contributed by atoms with van der Waals surface area (Å²) < 4.78 is 6.57. The number of phenolic OH excluding ortho intramolecular Hbond substituents is 1. The van der Waals surface area contributed by atoms with E-state index < -0.39 is 5.91 Å². The van der Waals surface area contributed by atoms with E-state index in [0.29, 0.717) is 28.1 Å². The van der Waals surface area contributed by atoms with Crippen molar-refractivity contribution in [3.05, 3.63) is 76.8 Å². The van der Waals surface area contributed by atoms with Crippen molar-refractivity contribution < 1.29 is 14.6 Å². The predicted molar refractivity (Wildman–Crippen MR) is 124 cm³/mol. The van der Waals surface area contributed by atoms with Gasteiger partial charge in [-0.3, -0.25) is 14.2 Å². The predicted octanol–water partition coefficient (Wildman–Crippen LogP) is 3.38. The fourth-order valence-electron chi connectivity index (χ4n) is 3.07. The maximum absolute atomic E-state index is 12.8. The first-order chi connectivity index (χ1) is 15.5. The van der Waals surface area contributed by atoms with Gasteiger partial charge in [0.2, 0.25) is 0 Å². The van der Waals surface area contributed by atoms with Crippen LogP contribution in [-0.2, 0) is 11.3 Å². The molecule has 0 radical (unpaired) electrons. The van der Waals surface area contributed by atoms with E-state index in [2.05, 4.69) is 15.5 Å². The number of fused-ring (bicyclic) bond motifs is 1. The van der Waals surface area contributed by atoms with Gasteiger partial charge in [0, 0.05) is 4.88 Å². The molecule has 8 nitrogen and oxygen atoms in total. The molecule has 32 heavy (non-hydrogen) atoms. The van der Waals surface area contributed by atoms with E-state index in [1.54, 1.807) is 18.2 Å². The van der Waals surface area contributed by atoms with Crippen molar-refractivity contribution in [1.29, 1.82) is 0 Å². The highest BCUT2D eigenvalue weighted by Crippen LogP contribution is 2.30. The molecule has 0 saturated heterocycles.